The van der Waals surface area contributed by atoms with Gasteiger partial charge in [-0.1, -0.05) is 32.0 Å². The molecule has 0 bridgehead atoms. The third-order valence-electron chi connectivity index (χ3n) is 4.83. The number of hydrogen-bond acceptors (Lipinski definition) is 7. The van der Waals surface area contributed by atoms with Crippen LogP contribution in [-0.2, 0) is 13.8 Å². The van der Waals surface area contributed by atoms with Gasteiger partial charge in [-0.05, 0) is 19.9 Å². The molecule has 0 amide bonds. The fourth-order valence-electron chi connectivity index (χ4n) is 3.40. The highest BCUT2D eigenvalue weighted by Crippen LogP contribution is 2.62. The molecule has 0 aliphatic carbocycles. The maximum atomic E-state index is 13.1. The lowest BCUT2D eigenvalue weighted by Crippen LogP contribution is -2.36. The van der Waals surface area contributed by atoms with Crippen LogP contribution in [0.15, 0.2) is 24.3 Å². The molecular formula is C21H25F2NO6P+. The zero-order valence-electron chi connectivity index (χ0n) is 17.9. The summed E-state index contributed by atoms with van der Waals surface area (Å²) in [5, 5.41) is 0.138. The van der Waals surface area contributed by atoms with Crippen molar-refractivity contribution in [3.05, 3.63) is 41.2 Å². The standard InChI is InChI=1S/C21H25F2NO6P/c1-12-16(19(25)27-5)17(14-8-6-7-9-15(14)30-20(22)23)18(13(2)24-12)31(26)28-10-21(3,4)11-29-31/h6-9,20,26H,10-11H2,1-5H3/q+1. The second-order valence-electron chi connectivity index (χ2n) is 7.98. The number of halogens is 2. The van der Waals surface area contributed by atoms with Crippen LogP contribution in [0.2, 0.25) is 0 Å². The summed E-state index contributed by atoms with van der Waals surface area (Å²) in [6.45, 7) is 4.38. The smallest absolute Gasteiger partial charge is 0.448 e. The van der Waals surface area contributed by atoms with Crippen LogP contribution in [0.25, 0.3) is 11.1 Å². The van der Waals surface area contributed by atoms with Gasteiger partial charge < -0.3 is 9.47 Å². The summed E-state index contributed by atoms with van der Waals surface area (Å²) in [6.07, 6.45) is 0. The molecule has 0 radical (unpaired) electrons. The van der Waals surface area contributed by atoms with Crippen LogP contribution in [0.5, 0.6) is 5.75 Å². The zero-order valence-corrected chi connectivity index (χ0v) is 18.8. The van der Waals surface area contributed by atoms with Crippen molar-refractivity contribution in [1.82, 2.24) is 4.98 Å². The molecule has 7 nitrogen and oxygen atoms in total. The Hall–Kier alpha value is -2.19. The number of benzene rings is 1. The molecule has 1 fully saturated rings. The highest BCUT2D eigenvalue weighted by Gasteiger charge is 2.55. The third kappa shape index (κ3) is 4.70. The quantitative estimate of drug-likeness (QED) is 0.533. The predicted octanol–water partition coefficient (Wildman–Crippen LogP) is 4.21. The average Bonchev–Trinajstić information content (AvgIpc) is 2.69. The first-order valence-corrected chi connectivity index (χ1v) is 11.1. The van der Waals surface area contributed by atoms with Gasteiger partial charge in [0.25, 0.3) is 0 Å². The van der Waals surface area contributed by atoms with Crippen LogP contribution >= 0.6 is 7.94 Å². The van der Waals surface area contributed by atoms with E-state index in [9.17, 15) is 18.5 Å². The number of aromatic nitrogens is 1. The van der Waals surface area contributed by atoms with Gasteiger partial charge in [-0.2, -0.15) is 22.7 Å². The second kappa shape index (κ2) is 8.74. The van der Waals surface area contributed by atoms with Crippen LogP contribution in [0.3, 0.4) is 0 Å². The number of para-hydroxylation sites is 1. The van der Waals surface area contributed by atoms with E-state index in [1.54, 1.807) is 19.9 Å². The van der Waals surface area contributed by atoms with Crippen LogP contribution in [0, 0.1) is 19.3 Å². The fraction of sp³-hybridized carbons (Fsp3) is 0.429. The Kier molecular flexibility index (Phi) is 6.62. The Morgan fingerprint density at radius 3 is 2.39 bits per heavy atom. The summed E-state index contributed by atoms with van der Waals surface area (Å²) in [5.41, 5.74) is 0.640. The molecule has 2 aromatic rings. The van der Waals surface area contributed by atoms with Gasteiger partial charge in [-0.3, -0.25) is 4.98 Å². The zero-order chi connectivity index (χ0) is 23.0. The highest BCUT2D eigenvalue weighted by molar-refractivity contribution is 7.69. The molecule has 1 saturated heterocycles. The van der Waals surface area contributed by atoms with Gasteiger partial charge in [-0.25, -0.2) is 4.79 Å². The maximum Gasteiger partial charge on any atom is 0.448 e. The molecule has 2 heterocycles. The van der Waals surface area contributed by atoms with Crippen LogP contribution in [-0.4, -0.2) is 42.8 Å². The lowest BCUT2D eigenvalue weighted by molar-refractivity contribution is -0.0494. The molecule has 1 aliphatic heterocycles. The van der Waals surface area contributed by atoms with Crippen molar-refractivity contribution in [2.24, 2.45) is 5.41 Å². The van der Waals surface area contributed by atoms with E-state index >= 15 is 0 Å². The summed E-state index contributed by atoms with van der Waals surface area (Å²) >= 11 is 0. The van der Waals surface area contributed by atoms with Gasteiger partial charge in [0.2, 0.25) is 5.30 Å². The number of rotatable bonds is 5. The minimum atomic E-state index is -3.70. The molecule has 31 heavy (non-hydrogen) atoms. The van der Waals surface area contributed by atoms with Crippen molar-refractivity contribution >= 4 is 19.2 Å². The highest BCUT2D eigenvalue weighted by atomic mass is 31.2. The molecule has 3 rings (SSSR count). The van der Waals surface area contributed by atoms with E-state index in [1.165, 1.54) is 25.3 Å². The monoisotopic (exact) mass is 456 g/mol. The molecule has 1 aromatic heterocycles. The van der Waals surface area contributed by atoms with E-state index in [2.05, 4.69) is 4.98 Å². The summed E-state index contributed by atoms with van der Waals surface area (Å²) in [7, 11) is -2.50. The Morgan fingerprint density at radius 2 is 1.81 bits per heavy atom. The van der Waals surface area contributed by atoms with Crippen LogP contribution in [0.1, 0.15) is 35.6 Å². The number of nitrogens with zero attached hydrogens (tertiary/aromatic N) is 1. The van der Waals surface area contributed by atoms with E-state index in [4.69, 9.17) is 18.5 Å². The molecule has 0 atom stereocenters. The first-order chi connectivity index (χ1) is 14.5. The average molecular weight is 456 g/mol. The summed E-state index contributed by atoms with van der Waals surface area (Å²) in [6, 6.07) is 6.00. The van der Waals surface area contributed by atoms with Gasteiger partial charge in [0.15, 0.2) is 0 Å². The minimum absolute atomic E-state index is 0.0128. The molecule has 1 aliphatic rings. The lowest BCUT2D eigenvalue weighted by Gasteiger charge is -2.32. The van der Waals surface area contributed by atoms with Gasteiger partial charge in [-0.15, -0.1) is 0 Å². The Morgan fingerprint density at radius 1 is 1.19 bits per heavy atom. The number of pyridine rings is 1. The Bertz CT molecular complexity index is 988. The number of aryl methyl sites for hydroxylation is 2. The minimum Gasteiger partial charge on any atom is -0.465 e. The van der Waals surface area contributed by atoms with E-state index < -0.39 is 20.5 Å². The molecule has 1 aromatic carbocycles. The number of alkyl halides is 2. The van der Waals surface area contributed by atoms with Crippen molar-refractivity contribution in [1.29, 1.82) is 0 Å². The van der Waals surface area contributed by atoms with Crippen molar-refractivity contribution in [2.45, 2.75) is 34.3 Å². The second-order valence-corrected chi connectivity index (χ2v) is 9.98. The maximum absolute atomic E-state index is 13.1. The van der Waals surface area contributed by atoms with Crippen molar-refractivity contribution in [3.8, 4) is 16.9 Å². The third-order valence-corrected chi connectivity index (χ3v) is 6.90. The fourth-order valence-corrected chi connectivity index (χ4v) is 5.76. The van der Waals surface area contributed by atoms with Crippen LogP contribution in [0.4, 0.5) is 8.78 Å². The van der Waals surface area contributed by atoms with E-state index in [-0.39, 0.29) is 46.4 Å². The molecule has 10 heteroatoms. The number of carbonyl (C=O) groups is 1. The topological polar surface area (TPSA) is 87.1 Å². The van der Waals surface area contributed by atoms with Gasteiger partial charge >= 0.3 is 20.5 Å². The molecule has 0 unspecified atom stereocenters. The van der Waals surface area contributed by atoms with E-state index in [0.29, 0.717) is 11.4 Å². The lowest BCUT2D eigenvalue weighted by atomic mass is 9.97. The first-order valence-electron chi connectivity index (χ1n) is 9.54. The normalized spacial score (nSPS) is 17.5. The van der Waals surface area contributed by atoms with E-state index in [0.717, 1.165) is 0 Å². The Balaban J connectivity index is 2.35. The Labute approximate surface area is 179 Å². The van der Waals surface area contributed by atoms with Gasteiger partial charge in [0, 0.05) is 11.0 Å². The summed E-state index contributed by atoms with van der Waals surface area (Å²) in [5.74, 6) is -0.908. The van der Waals surface area contributed by atoms with Crippen LogP contribution < -0.4 is 10.0 Å². The van der Waals surface area contributed by atoms with Gasteiger partial charge in [0.05, 0.1) is 29.6 Å². The SMILES string of the molecule is COC(=O)c1c(C)nc(C)c([P+]2(O)OCC(C)(C)CO2)c1-c1ccccc1OC(F)F. The molecule has 0 spiro atoms. The van der Waals surface area contributed by atoms with Crippen molar-refractivity contribution in [3.63, 3.8) is 0 Å². The van der Waals surface area contributed by atoms with Crippen molar-refractivity contribution in [2.75, 3.05) is 20.3 Å². The largest absolute Gasteiger partial charge is 0.465 e. The first kappa shape index (κ1) is 23.5. The number of methoxy groups -OCH3 is 1. The summed E-state index contributed by atoms with van der Waals surface area (Å²) < 4.78 is 47.4. The number of carbonyl (C=O) groups excluding carboxylic acids is 1. The van der Waals surface area contributed by atoms with Gasteiger partial charge in [0.1, 0.15) is 19.0 Å². The molecule has 1 N–H and O–H groups in total. The predicted molar refractivity (Wildman–Crippen MR) is 112 cm³/mol. The molecular weight excluding hydrogens is 431 g/mol. The molecule has 168 valence electrons. The van der Waals surface area contributed by atoms with Crippen molar-refractivity contribution < 1.29 is 37.0 Å². The number of ether oxygens (including phenoxy) is 2. The number of hydrogen-bond donors (Lipinski definition) is 1. The number of esters is 1. The molecule has 0 saturated carbocycles. The van der Waals surface area contributed by atoms with E-state index in [1.807, 2.05) is 13.8 Å². The summed E-state index contributed by atoms with van der Waals surface area (Å²) in [4.78, 5) is 28.5.